The van der Waals surface area contributed by atoms with E-state index in [2.05, 4.69) is 34.4 Å². The summed E-state index contributed by atoms with van der Waals surface area (Å²) in [4.78, 5) is 9.06. The number of anilines is 2. The van der Waals surface area contributed by atoms with Gasteiger partial charge in [-0.25, -0.2) is 9.97 Å². The summed E-state index contributed by atoms with van der Waals surface area (Å²) in [6, 6.07) is 1.92. The van der Waals surface area contributed by atoms with Crippen molar-refractivity contribution >= 4 is 11.6 Å². The maximum absolute atomic E-state index is 9.51. The minimum atomic E-state index is -0.347. The van der Waals surface area contributed by atoms with Crippen LogP contribution in [0.1, 0.15) is 52.8 Å². The van der Waals surface area contributed by atoms with E-state index >= 15 is 0 Å². The number of aromatic nitrogens is 2. The number of rotatable bonds is 9. The Hall–Kier alpha value is -1.36. The van der Waals surface area contributed by atoms with Gasteiger partial charge in [0.2, 0.25) is 0 Å². The zero-order chi connectivity index (χ0) is 15.0. The minimum absolute atomic E-state index is 0.0777. The van der Waals surface area contributed by atoms with Crippen molar-refractivity contribution in [3.63, 3.8) is 0 Å². The third-order valence-electron chi connectivity index (χ3n) is 3.36. The largest absolute Gasteiger partial charge is 0.394 e. The first-order chi connectivity index (χ1) is 9.56. The molecular weight excluding hydrogens is 252 g/mol. The number of aliphatic hydroxyl groups excluding tert-OH is 1. The van der Waals surface area contributed by atoms with Gasteiger partial charge in [-0.15, -0.1) is 0 Å². The number of aliphatic hydroxyl groups is 1. The van der Waals surface area contributed by atoms with Gasteiger partial charge in [0.1, 0.15) is 17.5 Å². The molecule has 0 aromatic carbocycles. The van der Waals surface area contributed by atoms with Crippen molar-refractivity contribution in [2.24, 2.45) is 0 Å². The van der Waals surface area contributed by atoms with Gasteiger partial charge >= 0.3 is 0 Å². The summed E-state index contributed by atoms with van der Waals surface area (Å²) in [5.41, 5.74) is -0.347. The molecule has 20 heavy (non-hydrogen) atoms. The molecule has 0 aliphatic rings. The Morgan fingerprint density at radius 3 is 2.40 bits per heavy atom. The first kappa shape index (κ1) is 16.7. The molecule has 0 aliphatic carbocycles. The van der Waals surface area contributed by atoms with Crippen LogP contribution >= 0.6 is 0 Å². The first-order valence-electron chi connectivity index (χ1n) is 7.57. The van der Waals surface area contributed by atoms with E-state index in [1.165, 1.54) is 0 Å². The molecular formula is C15H28N4O. The fraction of sp³-hybridized carbons (Fsp3) is 0.733. The predicted molar refractivity (Wildman–Crippen MR) is 84.2 cm³/mol. The van der Waals surface area contributed by atoms with Crippen molar-refractivity contribution in [3.8, 4) is 0 Å². The maximum atomic E-state index is 9.51. The first-order valence-corrected chi connectivity index (χ1v) is 7.57. The molecule has 0 fully saturated rings. The lowest BCUT2D eigenvalue weighted by Gasteiger charge is -2.28. The quantitative estimate of drug-likeness (QED) is 0.649. The highest BCUT2D eigenvalue weighted by Gasteiger charge is 2.21. The van der Waals surface area contributed by atoms with E-state index in [-0.39, 0.29) is 12.1 Å². The van der Waals surface area contributed by atoms with Gasteiger partial charge in [-0.1, -0.05) is 20.8 Å². The van der Waals surface area contributed by atoms with Gasteiger partial charge in [-0.3, -0.25) is 0 Å². The van der Waals surface area contributed by atoms with Crippen LogP contribution in [0.25, 0.3) is 0 Å². The summed E-state index contributed by atoms with van der Waals surface area (Å²) in [6.07, 6.45) is 3.76. The number of hydrogen-bond acceptors (Lipinski definition) is 5. The van der Waals surface area contributed by atoms with Crippen LogP contribution in [0.2, 0.25) is 0 Å². The molecule has 5 nitrogen and oxygen atoms in total. The lowest BCUT2D eigenvalue weighted by atomic mass is 10.0. The average Bonchev–Trinajstić information content (AvgIpc) is 2.45. The van der Waals surface area contributed by atoms with Crippen LogP contribution < -0.4 is 10.6 Å². The zero-order valence-corrected chi connectivity index (χ0v) is 13.2. The molecule has 0 radical (unpaired) electrons. The van der Waals surface area contributed by atoms with Gasteiger partial charge in [0.15, 0.2) is 0 Å². The van der Waals surface area contributed by atoms with Crippen molar-refractivity contribution in [2.45, 2.75) is 58.9 Å². The van der Waals surface area contributed by atoms with Crippen LogP contribution in [0.4, 0.5) is 11.6 Å². The molecule has 0 bridgehead atoms. The summed E-state index contributed by atoms with van der Waals surface area (Å²) in [7, 11) is 0. The normalized spacial score (nSPS) is 13.8. The molecule has 1 aromatic heterocycles. The van der Waals surface area contributed by atoms with Crippen LogP contribution in [0.15, 0.2) is 6.07 Å². The standard InChI is InChI=1S/C15H28N4O/c1-5-8-12-17-13(16-9-6-2)10-14(18-12)19-15(4,7-3)11-20/h10,20H,5-9,11H2,1-4H3,(H2,16,17,18,19). The molecule has 0 saturated heterocycles. The fourth-order valence-corrected chi connectivity index (χ4v) is 1.79. The van der Waals surface area contributed by atoms with Crippen LogP contribution in [0, 0.1) is 0 Å². The fourth-order valence-electron chi connectivity index (χ4n) is 1.79. The summed E-state index contributed by atoms with van der Waals surface area (Å²) < 4.78 is 0. The van der Waals surface area contributed by atoms with Gasteiger partial charge in [-0.2, -0.15) is 0 Å². The van der Waals surface area contributed by atoms with Gasteiger partial charge in [0, 0.05) is 19.0 Å². The molecule has 1 unspecified atom stereocenters. The number of nitrogens with zero attached hydrogens (tertiary/aromatic N) is 2. The molecule has 0 spiro atoms. The Labute approximate surface area is 122 Å². The molecule has 0 saturated carbocycles. The van der Waals surface area contributed by atoms with Crippen molar-refractivity contribution in [2.75, 3.05) is 23.8 Å². The molecule has 0 amide bonds. The molecule has 1 heterocycles. The van der Waals surface area contributed by atoms with Gasteiger partial charge in [0.25, 0.3) is 0 Å². The minimum Gasteiger partial charge on any atom is -0.394 e. The Morgan fingerprint density at radius 2 is 1.85 bits per heavy atom. The topological polar surface area (TPSA) is 70.1 Å². The second-order valence-corrected chi connectivity index (χ2v) is 5.43. The van der Waals surface area contributed by atoms with E-state index in [0.29, 0.717) is 0 Å². The lowest BCUT2D eigenvalue weighted by Crippen LogP contribution is -2.38. The smallest absolute Gasteiger partial charge is 0.133 e. The van der Waals surface area contributed by atoms with Gasteiger partial charge in [-0.05, 0) is 26.2 Å². The van der Waals surface area contributed by atoms with E-state index in [4.69, 9.17) is 0 Å². The maximum Gasteiger partial charge on any atom is 0.133 e. The lowest BCUT2D eigenvalue weighted by molar-refractivity contribution is 0.218. The Bertz CT molecular complexity index is 405. The van der Waals surface area contributed by atoms with Crippen molar-refractivity contribution in [3.05, 3.63) is 11.9 Å². The second kappa shape index (κ2) is 8.04. The summed E-state index contributed by atoms with van der Waals surface area (Å²) in [6.45, 7) is 9.26. The van der Waals surface area contributed by atoms with E-state index in [0.717, 1.165) is 49.7 Å². The monoisotopic (exact) mass is 280 g/mol. The number of aryl methyl sites for hydroxylation is 1. The van der Waals surface area contributed by atoms with Crippen LogP contribution in [-0.4, -0.2) is 33.8 Å². The third kappa shape index (κ3) is 4.96. The molecule has 0 aliphatic heterocycles. The van der Waals surface area contributed by atoms with Crippen molar-refractivity contribution in [1.29, 1.82) is 0 Å². The zero-order valence-electron chi connectivity index (χ0n) is 13.2. The van der Waals surface area contributed by atoms with E-state index in [1.807, 2.05) is 19.9 Å². The Balaban J connectivity index is 2.95. The molecule has 5 heteroatoms. The SMILES string of the molecule is CCCNc1cc(NC(C)(CC)CO)nc(CCC)n1. The summed E-state index contributed by atoms with van der Waals surface area (Å²) >= 11 is 0. The second-order valence-electron chi connectivity index (χ2n) is 5.43. The highest BCUT2D eigenvalue weighted by atomic mass is 16.3. The number of hydrogen-bond donors (Lipinski definition) is 3. The third-order valence-corrected chi connectivity index (χ3v) is 3.36. The Morgan fingerprint density at radius 1 is 1.15 bits per heavy atom. The average molecular weight is 280 g/mol. The molecule has 1 atom stereocenters. The van der Waals surface area contributed by atoms with Crippen LogP contribution in [0.5, 0.6) is 0 Å². The number of nitrogens with one attached hydrogen (secondary N) is 2. The molecule has 3 N–H and O–H groups in total. The van der Waals surface area contributed by atoms with Gasteiger partial charge < -0.3 is 15.7 Å². The summed E-state index contributed by atoms with van der Waals surface area (Å²) in [5.74, 6) is 2.47. The molecule has 1 aromatic rings. The Kier molecular flexibility index (Phi) is 6.71. The molecule has 1 rings (SSSR count). The van der Waals surface area contributed by atoms with E-state index in [9.17, 15) is 5.11 Å². The van der Waals surface area contributed by atoms with Crippen LogP contribution in [0.3, 0.4) is 0 Å². The highest BCUT2D eigenvalue weighted by molar-refractivity contribution is 5.49. The predicted octanol–water partition coefficient (Wildman–Crippen LogP) is 2.82. The van der Waals surface area contributed by atoms with Gasteiger partial charge in [0.05, 0.1) is 12.1 Å². The van der Waals surface area contributed by atoms with Crippen LogP contribution in [-0.2, 0) is 6.42 Å². The van der Waals surface area contributed by atoms with E-state index < -0.39 is 0 Å². The van der Waals surface area contributed by atoms with Crippen molar-refractivity contribution in [1.82, 2.24) is 9.97 Å². The summed E-state index contributed by atoms with van der Waals surface area (Å²) in [5, 5.41) is 16.1. The highest BCUT2D eigenvalue weighted by Crippen LogP contribution is 2.19. The van der Waals surface area contributed by atoms with Crippen molar-refractivity contribution < 1.29 is 5.11 Å². The van der Waals surface area contributed by atoms with E-state index in [1.54, 1.807) is 0 Å². The molecule has 114 valence electrons.